The lowest BCUT2D eigenvalue weighted by atomic mass is 9.72. The molecule has 1 radical (unpaired) electrons. The van der Waals surface area contributed by atoms with Gasteiger partial charge in [0.2, 0.25) is 0 Å². The van der Waals surface area contributed by atoms with Gasteiger partial charge in [-0.1, -0.05) is 136 Å². The maximum Gasteiger partial charge on any atom is 0.419 e. The van der Waals surface area contributed by atoms with Crippen LogP contribution in [0.2, 0.25) is 0 Å². The highest BCUT2D eigenvalue weighted by atomic mass is 28.3. The predicted molar refractivity (Wildman–Crippen MR) is 187 cm³/mol. The van der Waals surface area contributed by atoms with E-state index in [-0.39, 0.29) is 12.0 Å². The van der Waals surface area contributed by atoms with Gasteiger partial charge in [-0.15, -0.1) is 0 Å². The molecule has 5 aromatic carbocycles. The molecule has 5 nitrogen and oxygen atoms in total. The minimum Gasteiger partial charge on any atom is -0.446 e. The summed E-state index contributed by atoms with van der Waals surface area (Å²) in [5.74, 6) is 0. The molecule has 1 aliphatic carbocycles. The first-order valence-electron chi connectivity index (χ1n) is 15.8. The lowest BCUT2D eigenvalue weighted by molar-refractivity contribution is -0.108. The highest BCUT2D eigenvalue weighted by Gasteiger charge is 2.47. The van der Waals surface area contributed by atoms with Gasteiger partial charge in [-0.05, 0) is 69.6 Å². The van der Waals surface area contributed by atoms with Crippen molar-refractivity contribution in [2.24, 2.45) is 0 Å². The Labute approximate surface area is 273 Å². The minimum atomic E-state index is -1.81. The van der Waals surface area contributed by atoms with Crippen LogP contribution in [0.5, 0.6) is 0 Å². The number of benzene rings is 5. The van der Waals surface area contributed by atoms with E-state index in [1.807, 2.05) is 97.1 Å². The Balaban J connectivity index is 1.38. The summed E-state index contributed by atoms with van der Waals surface area (Å²) in [4.78, 5) is 15.4. The van der Waals surface area contributed by atoms with Crippen LogP contribution >= 0.6 is 0 Å². The molecule has 46 heavy (non-hydrogen) atoms. The number of carbonyl (C=O) groups excluding carboxylic acids is 1. The molecule has 0 aromatic heterocycles. The van der Waals surface area contributed by atoms with Gasteiger partial charge < -0.3 is 14.3 Å². The Hall–Kier alpha value is -4.49. The number of fused-ring (bicyclic) bond motifs is 1. The summed E-state index contributed by atoms with van der Waals surface area (Å²) >= 11 is 0. The average Bonchev–Trinajstić information content (AvgIpc) is 3.08. The molecular formula is C40H40NO4Si. The smallest absolute Gasteiger partial charge is 0.419 e. The Morgan fingerprint density at radius 1 is 0.761 bits per heavy atom. The van der Waals surface area contributed by atoms with Crippen molar-refractivity contribution in [3.8, 4) is 0 Å². The number of hydrogen-bond acceptors (Lipinski definition) is 4. The van der Waals surface area contributed by atoms with Crippen molar-refractivity contribution in [3.05, 3.63) is 156 Å². The molecule has 0 saturated heterocycles. The molecule has 1 unspecified atom stereocenters. The standard InChI is InChI=1S/C40H40NO4Si/c1-39(2,3)36-26-16-25-35-34(36)27-28-40(43,37(35)45-46(32-21-12-6-13-22-32)33-23-14-7-15-24-33)29-44-38(42)41(30-17-8-4-9-18-30)31-19-10-5-11-20-31/h4-26,37,43H,27-29H2,1-3H3/t37?,40-/m1/s1. The first-order valence-corrected chi connectivity index (χ1v) is 17.2. The Morgan fingerprint density at radius 2 is 1.26 bits per heavy atom. The summed E-state index contributed by atoms with van der Waals surface area (Å²) in [6.07, 6.45) is -0.241. The third-order valence-electron chi connectivity index (χ3n) is 8.56. The van der Waals surface area contributed by atoms with Crippen LogP contribution in [-0.4, -0.2) is 32.4 Å². The van der Waals surface area contributed by atoms with Crippen molar-refractivity contribution in [2.45, 2.75) is 50.7 Å². The zero-order valence-electron chi connectivity index (χ0n) is 26.6. The molecule has 6 rings (SSSR count). The van der Waals surface area contributed by atoms with Crippen molar-refractivity contribution in [1.82, 2.24) is 0 Å². The van der Waals surface area contributed by atoms with Crippen molar-refractivity contribution < 1.29 is 19.1 Å². The van der Waals surface area contributed by atoms with Crippen LogP contribution in [0, 0.1) is 0 Å². The van der Waals surface area contributed by atoms with E-state index in [1.165, 1.54) is 16.0 Å². The van der Waals surface area contributed by atoms with Gasteiger partial charge in [-0.2, -0.15) is 0 Å². The molecule has 5 aromatic rings. The molecular weight excluding hydrogens is 587 g/mol. The van der Waals surface area contributed by atoms with Crippen molar-refractivity contribution in [2.75, 3.05) is 11.5 Å². The van der Waals surface area contributed by atoms with E-state index in [9.17, 15) is 9.90 Å². The maximum atomic E-state index is 13.9. The van der Waals surface area contributed by atoms with Crippen LogP contribution in [0.25, 0.3) is 0 Å². The van der Waals surface area contributed by atoms with E-state index >= 15 is 0 Å². The van der Waals surface area contributed by atoms with Crippen molar-refractivity contribution >= 4 is 36.9 Å². The SMILES string of the molecule is CC(C)(C)c1cccc2c1CC[C@@](O)(COC(=O)N(c1ccccc1)c1ccccc1)C2O[Si](c1ccccc1)c1ccccc1. The van der Waals surface area contributed by atoms with E-state index in [0.717, 1.165) is 15.9 Å². The number of carbonyl (C=O) groups is 1. The lowest BCUT2D eigenvalue weighted by Crippen LogP contribution is -2.53. The van der Waals surface area contributed by atoms with E-state index < -0.39 is 26.8 Å². The Bertz CT molecular complexity index is 1660. The van der Waals surface area contributed by atoms with Gasteiger partial charge in [-0.3, -0.25) is 0 Å². The van der Waals surface area contributed by atoms with Gasteiger partial charge in [0, 0.05) is 0 Å². The number of anilines is 2. The zero-order chi connectivity index (χ0) is 32.1. The molecule has 2 atom stereocenters. The second-order valence-corrected chi connectivity index (χ2v) is 14.9. The number of ether oxygens (including phenoxy) is 1. The number of rotatable bonds is 8. The fraction of sp³-hybridized carbons (Fsp3) is 0.225. The number of hydrogen-bond donors (Lipinski definition) is 1. The molecule has 1 N–H and O–H groups in total. The summed E-state index contributed by atoms with van der Waals surface area (Å²) in [5.41, 5.74) is 3.21. The minimum absolute atomic E-state index is 0.0870. The molecule has 0 spiro atoms. The normalized spacial score (nSPS) is 17.7. The summed E-state index contributed by atoms with van der Waals surface area (Å²) in [6, 6.07) is 45.6. The van der Waals surface area contributed by atoms with Gasteiger partial charge in [0.05, 0.1) is 11.4 Å². The van der Waals surface area contributed by atoms with E-state index in [1.54, 1.807) is 0 Å². The number of para-hydroxylation sites is 2. The monoisotopic (exact) mass is 626 g/mol. The van der Waals surface area contributed by atoms with E-state index in [4.69, 9.17) is 9.16 Å². The topological polar surface area (TPSA) is 59.0 Å². The molecule has 6 heteroatoms. The fourth-order valence-corrected chi connectivity index (χ4v) is 8.46. The zero-order valence-corrected chi connectivity index (χ0v) is 27.6. The quantitative estimate of drug-likeness (QED) is 0.181. The number of aliphatic hydroxyl groups is 1. The second-order valence-electron chi connectivity index (χ2n) is 12.8. The molecule has 0 saturated carbocycles. The van der Waals surface area contributed by atoms with Gasteiger partial charge in [0.1, 0.15) is 18.3 Å². The summed E-state index contributed by atoms with van der Waals surface area (Å²) in [6.45, 7) is 6.43. The fourth-order valence-electron chi connectivity index (χ4n) is 6.28. The number of nitrogens with zero attached hydrogens (tertiary/aromatic N) is 1. The first-order chi connectivity index (χ1) is 22.2. The number of amides is 1. The summed E-state index contributed by atoms with van der Waals surface area (Å²) < 4.78 is 13.2. The van der Waals surface area contributed by atoms with Crippen LogP contribution in [0.15, 0.2) is 140 Å². The second kappa shape index (κ2) is 13.5. The Kier molecular flexibility index (Phi) is 9.22. The van der Waals surface area contributed by atoms with Gasteiger partial charge >= 0.3 is 6.09 Å². The molecule has 1 aliphatic rings. The van der Waals surface area contributed by atoms with Crippen LogP contribution in [0.1, 0.15) is 50.0 Å². The van der Waals surface area contributed by atoms with Crippen LogP contribution in [0.3, 0.4) is 0 Å². The molecule has 0 heterocycles. The van der Waals surface area contributed by atoms with Crippen molar-refractivity contribution in [3.63, 3.8) is 0 Å². The molecule has 233 valence electrons. The Morgan fingerprint density at radius 3 is 1.76 bits per heavy atom. The van der Waals surface area contributed by atoms with Gasteiger partial charge in [0.15, 0.2) is 0 Å². The predicted octanol–water partition coefficient (Wildman–Crippen LogP) is 7.50. The molecule has 0 bridgehead atoms. The van der Waals surface area contributed by atoms with Crippen molar-refractivity contribution in [1.29, 1.82) is 0 Å². The molecule has 1 amide bonds. The highest BCUT2D eigenvalue weighted by Crippen LogP contribution is 2.44. The summed E-state index contributed by atoms with van der Waals surface area (Å²) in [5, 5.41) is 14.7. The maximum absolute atomic E-state index is 13.9. The third-order valence-corrected chi connectivity index (χ3v) is 10.8. The first kappa shape index (κ1) is 31.5. The van der Waals surface area contributed by atoms with Crippen LogP contribution < -0.4 is 15.3 Å². The van der Waals surface area contributed by atoms with E-state index in [2.05, 4.69) is 63.2 Å². The van der Waals surface area contributed by atoms with E-state index in [0.29, 0.717) is 24.2 Å². The highest BCUT2D eigenvalue weighted by molar-refractivity contribution is 6.80. The van der Waals surface area contributed by atoms with Crippen LogP contribution in [-0.2, 0) is 21.0 Å². The van der Waals surface area contributed by atoms with Gasteiger partial charge in [-0.25, -0.2) is 9.69 Å². The largest absolute Gasteiger partial charge is 0.446 e. The molecule has 0 aliphatic heterocycles. The third kappa shape index (κ3) is 6.70. The molecule has 0 fully saturated rings. The van der Waals surface area contributed by atoms with Gasteiger partial charge in [0.25, 0.3) is 9.04 Å². The summed E-state index contributed by atoms with van der Waals surface area (Å²) in [7, 11) is -1.81. The average molecular weight is 627 g/mol. The van der Waals surface area contributed by atoms with Crippen LogP contribution in [0.4, 0.5) is 16.2 Å². The lowest BCUT2D eigenvalue weighted by Gasteiger charge is -2.43.